The van der Waals surface area contributed by atoms with Gasteiger partial charge in [0.1, 0.15) is 11.4 Å². The van der Waals surface area contributed by atoms with Crippen LogP contribution in [0, 0.1) is 19.7 Å². The number of aromatic nitrogens is 3. The number of pyridine rings is 1. The monoisotopic (exact) mass is 380 g/mol. The van der Waals surface area contributed by atoms with Crippen molar-refractivity contribution < 1.29 is 9.18 Å². The topological polar surface area (TPSA) is 76.9 Å². The lowest BCUT2D eigenvalue weighted by atomic mass is 10.1. The van der Waals surface area contributed by atoms with Crippen molar-refractivity contribution in [3.8, 4) is 0 Å². The summed E-state index contributed by atoms with van der Waals surface area (Å²) < 4.78 is 15.1. The number of hydrogen-bond donors (Lipinski definition) is 1. The van der Waals surface area contributed by atoms with Crippen molar-refractivity contribution in [3.05, 3.63) is 93.2 Å². The molecule has 7 heteroatoms. The lowest BCUT2D eigenvalue weighted by Gasteiger charge is -2.11. The van der Waals surface area contributed by atoms with E-state index in [1.807, 2.05) is 6.92 Å². The Morgan fingerprint density at radius 2 is 1.93 bits per heavy atom. The average Bonchev–Trinajstić information content (AvgIpc) is 2.67. The molecule has 28 heavy (non-hydrogen) atoms. The molecule has 3 aromatic rings. The van der Waals surface area contributed by atoms with E-state index in [-0.39, 0.29) is 24.5 Å². The van der Waals surface area contributed by atoms with Crippen molar-refractivity contribution in [2.24, 2.45) is 0 Å². The standard InChI is InChI=1S/C21H21FN4O2/c1-14-8-10-26(13-17-12-24-15(2)11-25-17)21(28)19(14)20(27)23-9-7-16-5-3-4-6-18(16)22/h3-6,8,10-12H,7,9,13H2,1-2H3,(H,23,27). The summed E-state index contributed by atoms with van der Waals surface area (Å²) >= 11 is 0. The van der Waals surface area contributed by atoms with Gasteiger partial charge < -0.3 is 9.88 Å². The molecule has 1 N–H and O–H groups in total. The number of amides is 1. The van der Waals surface area contributed by atoms with Crippen LogP contribution in [-0.2, 0) is 13.0 Å². The number of rotatable bonds is 6. The fourth-order valence-electron chi connectivity index (χ4n) is 2.84. The number of benzene rings is 1. The molecule has 0 spiro atoms. The Kier molecular flexibility index (Phi) is 5.93. The second-order valence-electron chi connectivity index (χ2n) is 6.55. The molecule has 3 rings (SSSR count). The summed E-state index contributed by atoms with van der Waals surface area (Å²) in [6, 6.07) is 8.13. The minimum atomic E-state index is -0.469. The quantitative estimate of drug-likeness (QED) is 0.713. The van der Waals surface area contributed by atoms with E-state index in [9.17, 15) is 14.0 Å². The molecule has 0 bridgehead atoms. The van der Waals surface area contributed by atoms with Crippen molar-refractivity contribution in [1.29, 1.82) is 0 Å². The van der Waals surface area contributed by atoms with Crippen LogP contribution in [0.2, 0.25) is 0 Å². The van der Waals surface area contributed by atoms with E-state index in [4.69, 9.17) is 0 Å². The van der Waals surface area contributed by atoms with Crippen molar-refractivity contribution in [2.45, 2.75) is 26.8 Å². The number of halogens is 1. The highest BCUT2D eigenvalue weighted by Gasteiger charge is 2.16. The lowest BCUT2D eigenvalue weighted by molar-refractivity contribution is 0.0951. The number of aryl methyl sites for hydroxylation is 2. The zero-order valence-electron chi connectivity index (χ0n) is 15.8. The zero-order valence-corrected chi connectivity index (χ0v) is 15.8. The number of carbonyl (C=O) groups excluding carboxylic acids is 1. The second kappa shape index (κ2) is 8.56. The molecule has 0 unspecified atom stereocenters. The van der Waals surface area contributed by atoms with Gasteiger partial charge in [-0.3, -0.25) is 19.6 Å². The van der Waals surface area contributed by atoms with Crippen molar-refractivity contribution in [2.75, 3.05) is 6.54 Å². The van der Waals surface area contributed by atoms with E-state index in [2.05, 4.69) is 15.3 Å². The van der Waals surface area contributed by atoms with Crippen LogP contribution in [0.4, 0.5) is 4.39 Å². The zero-order chi connectivity index (χ0) is 20.1. The maximum absolute atomic E-state index is 13.7. The number of hydrogen-bond acceptors (Lipinski definition) is 4. The second-order valence-corrected chi connectivity index (χ2v) is 6.55. The maximum Gasteiger partial charge on any atom is 0.264 e. The van der Waals surface area contributed by atoms with E-state index in [0.717, 1.165) is 5.69 Å². The Bertz CT molecular complexity index is 1050. The number of nitrogens with one attached hydrogen (secondary N) is 1. The molecule has 2 aromatic heterocycles. The van der Waals surface area contributed by atoms with Crippen LogP contribution in [0.1, 0.15) is 32.9 Å². The van der Waals surface area contributed by atoms with Gasteiger partial charge in [0.25, 0.3) is 11.5 Å². The molecule has 0 saturated heterocycles. The first-order valence-corrected chi connectivity index (χ1v) is 8.95. The normalized spacial score (nSPS) is 10.7. The summed E-state index contributed by atoms with van der Waals surface area (Å²) in [5, 5.41) is 2.71. The lowest BCUT2D eigenvalue weighted by Crippen LogP contribution is -2.35. The first kappa shape index (κ1) is 19.4. The molecule has 1 aromatic carbocycles. The van der Waals surface area contributed by atoms with Gasteiger partial charge in [-0.2, -0.15) is 0 Å². The maximum atomic E-state index is 13.7. The van der Waals surface area contributed by atoms with Crippen molar-refractivity contribution >= 4 is 5.91 Å². The summed E-state index contributed by atoms with van der Waals surface area (Å²) in [6.45, 7) is 4.00. The molecule has 0 saturated carbocycles. The Labute approximate surface area is 162 Å². The van der Waals surface area contributed by atoms with Gasteiger partial charge in [-0.05, 0) is 43.5 Å². The van der Waals surface area contributed by atoms with Crippen LogP contribution in [0.3, 0.4) is 0 Å². The van der Waals surface area contributed by atoms with Gasteiger partial charge >= 0.3 is 0 Å². The van der Waals surface area contributed by atoms with Crippen LogP contribution in [0.15, 0.2) is 53.7 Å². The molecule has 6 nitrogen and oxygen atoms in total. The molecule has 0 fully saturated rings. The van der Waals surface area contributed by atoms with Gasteiger partial charge in [-0.25, -0.2) is 4.39 Å². The van der Waals surface area contributed by atoms with E-state index in [0.29, 0.717) is 23.2 Å². The summed E-state index contributed by atoms with van der Waals surface area (Å²) in [4.78, 5) is 33.8. The van der Waals surface area contributed by atoms with Gasteiger partial charge in [-0.1, -0.05) is 18.2 Å². The molecule has 1 amide bonds. The van der Waals surface area contributed by atoms with Crippen LogP contribution < -0.4 is 10.9 Å². The molecule has 0 aliphatic heterocycles. The third kappa shape index (κ3) is 4.49. The highest BCUT2D eigenvalue weighted by atomic mass is 19.1. The molecular formula is C21H21FN4O2. The van der Waals surface area contributed by atoms with Crippen LogP contribution in [0.25, 0.3) is 0 Å². The van der Waals surface area contributed by atoms with E-state index < -0.39 is 11.5 Å². The smallest absolute Gasteiger partial charge is 0.264 e. The van der Waals surface area contributed by atoms with Gasteiger partial charge in [-0.15, -0.1) is 0 Å². The highest BCUT2D eigenvalue weighted by molar-refractivity contribution is 5.95. The van der Waals surface area contributed by atoms with Crippen molar-refractivity contribution in [3.63, 3.8) is 0 Å². The van der Waals surface area contributed by atoms with Crippen LogP contribution in [-0.4, -0.2) is 27.0 Å². The molecule has 0 aliphatic carbocycles. The first-order valence-electron chi connectivity index (χ1n) is 8.95. The Morgan fingerprint density at radius 1 is 1.14 bits per heavy atom. The molecule has 2 heterocycles. The molecule has 0 radical (unpaired) electrons. The molecule has 0 aliphatic rings. The Balaban J connectivity index is 1.73. The van der Waals surface area contributed by atoms with Gasteiger partial charge in [0.2, 0.25) is 0 Å². The first-order chi connectivity index (χ1) is 13.5. The third-order valence-corrected chi connectivity index (χ3v) is 4.41. The van der Waals surface area contributed by atoms with Crippen LogP contribution in [0.5, 0.6) is 0 Å². The number of carbonyl (C=O) groups is 1. The van der Waals surface area contributed by atoms with E-state index in [1.165, 1.54) is 10.6 Å². The third-order valence-electron chi connectivity index (χ3n) is 4.41. The largest absolute Gasteiger partial charge is 0.352 e. The molecule has 144 valence electrons. The van der Waals surface area contributed by atoms with Gasteiger partial charge in [0, 0.05) is 18.9 Å². The van der Waals surface area contributed by atoms with E-state index in [1.54, 1.807) is 49.8 Å². The van der Waals surface area contributed by atoms with Crippen molar-refractivity contribution in [1.82, 2.24) is 19.9 Å². The summed E-state index contributed by atoms with van der Waals surface area (Å²) in [6.07, 6.45) is 5.22. The molecule has 0 atom stereocenters. The van der Waals surface area contributed by atoms with E-state index >= 15 is 0 Å². The minimum Gasteiger partial charge on any atom is -0.352 e. The summed E-state index contributed by atoms with van der Waals surface area (Å²) in [5.74, 6) is -0.780. The van der Waals surface area contributed by atoms with Gasteiger partial charge in [0.05, 0.1) is 24.1 Å². The Morgan fingerprint density at radius 3 is 2.64 bits per heavy atom. The molecular weight excluding hydrogens is 359 g/mol. The van der Waals surface area contributed by atoms with Crippen LogP contribution >= 0.6 is 0 Å². The summed E-state index contributed by atoms with van der Waals surface area (Å²) in [7, 11) is 0. The fraction of sp³-hybridized carbons (Fsp3) is 0.238. The predicted molar refractivity (Wildman–Crippen MR) is 104 cm³/mol. The average molecular weight is 380 g/mol. The predicted octanol–water partition coefficient (Wildman–Crippen LogP) is 2.42. The van der Waals surface area contributed by atoms with Gasteiger partial charge in [0.15, 0.2) is 0 Å². The number of nitrogens with zero attached hydrogens (tertiary/aromatic N) is 3. The summed E-state index contributed by atoms with van der Waals surface area (Å²) in [5.41, 5.74) is 2.20. The minimum absolute atomic E-state index is 0.0797. The highest BCUT2D eigenvalue weighted by Crippen LogP contribution is 2.07. The fourth-order valence-corrected chi connectivity index (χ4v) is 2.84. The Hall–Kier alpha value is -3.35. The SMILES string of the molecule is Cc1cnc(Cn2ccc(C)c(C(=O)NCCc3ccccc3F)c2=O)cn1.